The summed E-state index contributed by atoms with van der Waals surface area (Å²) >= 11 is 1.63. The Bertz CT molecular complexity index is 955. The standard InChI is InChI=1S/C21H22N2O4S/c1-25-15-7-8-17(18(12-15)26-2)19-13-22-21(27-19)10-9-20(24)23-14-5-4-6-16(11-14)28-3/h4-8,11-13H,9-10H2,1-3H3,(H,23,24). The lowest BCUT2D eigenvalue weighted by molar-refractivity contribution is -0.116. The fourth-order valence-electron chi connectivity index (χ4n) is 2.70. The van der Waals surface area contributed by atoms with Crippen LogP contribution in [0, 0.1) is 0 Å². The molecule has 0 saturated carbocycles. The van der Waals surface area contributed by atoms with Gasteiger partial charge in [0.05, 0.1) is 26.0 Å². The molecule has 3 aromatic rings. The zero-order chi connectivity index (χ0) is 19.9. The molecule has 0 atom stereocenters. The number of carbonyl (C=O) groups is 1. The molecule has 2 aromatic carbocycles. The minimum absolute atomic E-state index is 0.0833. The second-order valence-electron chi connectivity index (χ2n) is 5.96. The van der Waals surface area contributed by atoms with Crippen LogP contribution in [0.4, 0.5) is 5.69 Å². The highest BCUT2D eigenvalue weighted by Gasteiger charge is 2.14. The van der Waals surface area contributed by atoms with Gasteiger partial charge < -0.3 is 19.2 Å². The quantitative estimate of drug-likeness (QED) is 0.557. The first-order valence-corrected chi connectivity index (χ1v) is 9.96. The third-order valence-electron chi connectivity index (χ3n) is 4.15. The number of thioether (sulfide) groups is 1. The average molecular weight is 398 g/mol. The summed E-state index contributed by atoms with van der Waals surface area (Å²) in [6.07, 6.45) is 4.33. The smallest absolute Gasteiger partial charge is 0.224 e. The second-order valence-corrected chi connectivity index (χ2v) is 6.84. The van der Waals surface area contributed by atoms with Crippen molar-refractivity contribution >= 4 is 23.4 Å². The number of nitrogens with zero attached hydrogens (tertiary/aromatic N) is 1. The topological polar surface area (TPSA) is 73.6 Å². The van der Waals surface area contributed by atoms with Crippen molar-refractivity contribution in [1.82, 2.24) is 4.98 Å². The summed E-state index contributed by atoms with van der Waals surface area (Å²) < 4.78 is 16.4. The summed E-state index contributed by atoms with van der Waals surface area (Å²) in [6.45, 7) is 0. The zero-order valence-corrected chi connectivity index (χ0v) is 16.8. The molecule has 146 valence electrons. The van der Waals surface area contributed by atoms with E-state index in [-0.39, 0.29) is 12.3 Å². The number of hydrogen-bond donors (Lipinski definition) is 1. The number of ether oxygens (including phenoxy) is 2. The number of hydrogen-bond acceptors (Lipinski definition) is 6. The van der Waals surface area contributed by atoms with Gasteiger partial charge in [-0.3, -0.25) is 4.79 Å². The van der Waals surface area contributed by atoms with Gasteiger partial charge in [0.25, 0.3) is 0 Å². The molecule has 28 heavy (non-hydrogen) atoms. The first kappa shape index (κ1) is 19.8. The number of oxazole rings is 1. The van der Waals surface area contributed by atoms with Crippen LogP contribution in [0.25, 0.3) is 11.3 Å². The second kappa shape index (κ2) is 9.32. The van der Waals surface area contributed by atoms with E-state index in [1.165, 1.54) is 0 Å². The highest BCUT2D eigenvalue weighted by atomic mass is 32.2. The summed E-state index contributed by atoms with van der Waals surface area (Å²) in [7, 11) is 3.19. The Kier molecular flexibility index (Phi) is 6.60. The minimum atomic E-state index is -0.0833. The van der Waals surface area contributed by atoms with Gasteiger partial charge in [-0.1, -0.05) is 6.07 Å². The predicted molar refractivity (Wildman–Crippen MR) is 110 cm³/mol. The van der Waals surface area contributed by atoms with Crippen LogP contribution < -0.4 is 14.8 Å². The lowest BCUT2D eigenvalue weighted by Gasteiger charge is -2.08. The van der Waals surface area contributed by atoms with Crippen molar-refractivity contribution in [2.45, 2.75) is 17.7 Å². The van der Waals surface area contributed by atoms with Crippen LogP contribution in [-0.4, -0.2) is 31.4 Å². The van der Waals surface area contributed by atoms with Crippen LogP contribution in [0.15, 0.2) is 58.0 Å². The molecule has 7 heteroatoms. The Labute approximate surface area is 168 Å². The van der Waals surface area contributed by atoms with Gasteiger partial charge in [0.15, 0.2) is 11.7 Å². The SMILES string of the molecule is COc1ccc(-c2cnc(CCC(=O)Nc3cccc(SC)c3)o2)c(OC)c1. The maximum atomic E-state index is 12.2. The molecule has 0 aliphatic heterocycles. The van der Waals surface area contributed by atoms with Crippen LogP contribution in [0.2, 0.25) is 0 Å². The Hall–Kier alpha value is -2.93. The predicted octanol–water partition coefficient (Wildman–Crippen LogP) is 4.65. The normalized spacial score (nSPS) is 10.5. The van der Waals surface area contributed by atoms with Crippen molar-refractivity contribution in [3.63, 3.8) is 0 Å². The van der Waals surface area contributed by atoms with E-state index >= 15 is 0 Å². The molecular formula is C21H22N2O4S. The first-order valence-electron chi connectivity index (χ1n) is 8.74. The number of benzene rings is 2. The van der Waals surface area contributed by atoms with E-state index in [0.29, 0.717) is 29.6 Å². The van der Waals surface area contributed by atoms with E-state index in [1.807, 2.05) is 42.7 Å². The number of amides is 1. The number of rotatable bonds is 8. The van der Waals surface area contributed by atoms with Crippen LogP contribution in [0.5, 0.6) is 11.5 Å². The van der Waals surface area contributed by atoms with Crippen molar-refractivity contribution in [2.75, 3.05) is 25.8 Å². The molecule has 0 saturated heterocycles. The van der Waals surface area contributed by atoms with Crippen LogP contribution in [-0.2, 0) is 11.2 Å². The lowest BCUT2D eigenvalue weighted by atomic mass is 10.1. The summed E-state index contributed by atoms with van der Waals surface area (Å²) in [6, 6.07) is 13.2. The molecule has 0 unspecified atom stereocenters. The molecule has 3 rings (SSSR count). The highest BCUT2D eigenvalue weighted by Crippen LogP contribution is 2.33. The third-order valence-corrected chi connectivity index (χ3v) is 4.87. The number of aryl methyl sites for hydroxylation is 1. The molecule has 1 N–H and O–H groups in total. The van der Waals surface area contributed by atoms with Gasteiger partial charge >= 0.3 is 0 Å². The minimum Gasteiger partial charge on any atom is -0.497 e. The summed E-state index contributed by atoms with van der Waals surface area (Å²) in [4.78, 5) is 17.6. The van der Waals surface area contributed by atoms with Crippen molar-refractivity contribution in [1.29, 1.82) is 0 Å². The van der Waals surface area contributed by atoms with Crippen LogP contribution >= 0.6 is 11.8 Å². The number of carbonyl (C=O) groups excluding carboxylic acids is 1. The molecule has 0 spiro atoms. The van der Waals surface area contributed by atoms with Crippen LogP contribution in [0.1, 0.15) is 12.3 Å². The molecular weight excluding hydrogens is 376 g/mol. The Morgan fingerprint density at radius 2 is 2.04 bits per heavy atom. The van der Waals surface area contributed by atoms with Gasteiger partial charge in [-0.05, 0) is 36.6 Å². The van der Waals surface area contributed by atoms with E-state index in [9.17, 15) is 4.79 Å². The van der Waals surface area contributed by atoms with Gasteiger partial charge in [-0.15, -0.1) is 11.8 Å². The Morgan fingerprint density at radius 3 is 2.79 bits per heavy atom. The van der Waals surface area contributed by atoms with Crippen LogP contribution in [0.3, 0.4) is 0 Å². The van der Waals surface area contributed by atoms with E-state index in [0.717, 1.165) is 16.1 Å². The van der Waals surface area contributed by atoms with Crippen molar-refractivity contribution in [2.24, 2.45) is 0 Å². The highest BCUT2D eigenvalue weighted by molar-refractivity contribution is 7.98. The van der Waals surface area contributed by atoms with E-state index in [1.54, 1.807) is 38.2 Å². The third kappa shape index (κ3) is 4.86. The van der Waals surface area contributed by atoms with E-state index < -0.39 is 0 Å². The zero-order valence-electron chi connectivity index (χ0n) is 16.0. The summed E-state index contributed by atoms with van der Waals surface area (Å²) in [5.41, 5.74) is 1.56. The fourth-order valence-corrected chi connectivity index (χ4v) is 3.16. The molecule has 1 amide bonds. The van der Waals surface area contributed by atoms with Gasteiger partial charge in [0, 0.05) is 29.5 Å². The van der Waals surface area contributed by atoms with Crippen molar-refractivity contribution < 1.29 is 18.7 Å². The molecule has 0 aliphatic carbocycles. The van der Waals surface area contributed by atoms with Gasteiger partial charge in [0.1, 0.15) is 11.5 Å². The number of methoxy groups -OCH3 is 2. The Morgan fingerprint density at radius 1 is 1.18 bits per heavy atom. The molecule has 0 aliphatic rings. The maximum Gasteiger partial charge on any atom is 0.224 e. The fraction of sp³-hybridized carbons (Fsp3) is 0.238. The van der Waals surface area contributed by atoms with Gasteiger partial charge in [0.2, 0.25) is 5.91 Å². The largest absolute Gasteiger partial charge is 0.497 e. The number of nitrogens with one attached hydrogen (secondary N) is 1. The van der Waals surface area contributed by atoms with Crippen molar-refractivity contribution in [3.8, 4) is 22.8 Å². The molecule has 0 bridgehead atoms. The lowest BCUT2D eigenvalue weighted by Crippen LogP contribution is -2.12. The maximum absolute atomic E-state index is 12.2. The monoisotopic (exact) mass is 398 g/mol. The van der Waals surface area contributed by atoms with Gasteiger partial charge in [-0.25, -0.2) is 4.98 Å². The van der Waals surface area contributed by atoms with Crippen molar-refractivity contribution in [3.05, 3.63) is 54.6 Å². The summed E-state index contributed by atoms with van der Waals surface area (Å²) in [5.74, 6) is 2.33. The molecule has 0 radical (unpaired) electrons. The average Bonchev–Trinajstić information content (AvgIpc) is 3.20. The molecule has 0 fully saturated rings. The Balaban J connectivity index is 1.62. The van der Waals surface area contributed by atoms with E-state index in [2.05, 4.69) is 10.3 Å². The number of aromatic nitrogens is 1. The molecule has 1 heterocycles. The van der Waals surface area contributed by atoms with Gasteiger partial charge in [-0.2, -0.15) is 0 Å². The molecule has 6 nitrogen and oxygen atoms in total. The van der Waals surface area contributed by atoms with E-state index in [4.69, 9.17) is 13.9 Å². The first-order chi connectivity index (χ1) is 13.6. The molecule has 1 aromatic heterocycles. The number of anilines is 1. The summed E-state index contributed by atoms with van der Waals surface area (Å²) in [5, 5.41) is 2.90.